The molecule has 0 spiro atoms. The van der Waals surface area contributed by atoms with Crippen molar-refractivity contribution in [2.75, 3.05) is 7.11 Å². The number of nitrogens with zero attached hydrogens (tertiary/aromatic N) is 1. The molecule has 1 heterocycles. The second-order valence-corrected chi connectivity index (χ2v) is 7.16. The summed E-state index contributed by atoms with van der Waals surface area (Å²) in [5.74, 6) is 0. The lowest BCUT2D eigenvalue weighted by molar-refractivity contribution is 0.185. The number of aromatic nitrogens is 1. The summed E-state index contributed by atoms with van der Waals surface area (Å²) < 4.78 is 5.30. The smallest absolute Gasteiger partial charge is 0.0992 e. The van der Waals surface area contributed by atoms with Crippen molar-refractivity contribution in [2.45, 2.75) is 25.9 Å². The first-order valence-electron chi connectivity index (χ1n) is 8.35. The fraction of sp³-hybridized carbons (Fsp3) is 0.227. The number of benzene rings is 2. The molecule has 0 atom stereocenters. The van der Waals surface area contributed by atoms with Gasteiger partial charge in [0.25, 0.3) is 0 Å². The van der Waals surface area contributed by atoms with Crippen LogP contribution >= 0.6 is 0 Å². The molecule has 0 bridgehead atoms. The van der Waals surface area contributed by atoms with Crippen molar-refractivity contribution in [2.24, 2.45) is 0 Å². The molecule has 25 heavy (non-hydrogen) atoms. The zero-order chi connectivity index (χ0) is 17.8. The lowest BCUT2D eigenvalue weighted by Gasteiger charge is -2.34. The van der Waals surface area contributed by atoms with E-state index in [2.05, 4.69) is 49.7 Å². The monoisotopic (exact) mass is 328 g/mol. The molecular weight excluding hydrogens is 308 g/mol. The topological polar surface area (TPSA) is 48.8 Å². The molecule has 0 amide bonds. The molecule has 3 aromatic rings. The average Bonchev–Trinajstić information content (AvgIpc) is 3.00. The summed E-state index contributed by atoms with van der Waals surface area (Å²) in [7, 11) is 1.71. The number of hydrogen-bond donors (Lipinski definition) is 1. The van der Waals surface area contributed by atoms with Gasteiger partial charge in [-0.25, -0.2) is 0 Å². The van der Waals surface area contributed by atoms with E-state index in [-0.39, 0.29) is 5.41 Å². The lowest BCUT2D eigenvalue weighted by Crippen LogP contribution is -2.26. The Morgan fingerprint density at radius 3 is 2.72 bits per heavy atom. The minimum Gasteiger partial charge on any atom is -0.380 e. The first kappa shape index (κ1) is 15.7. The van der Waals surface area contributed by atoms with Crippen molar-refractivity contribution in [1.82, 2.24) is 4.98 Å². The summed E-state index contributed by atoms with van der Waals surface area (Å²) in [5, 5.41) is 10.3. The van der Waals surface area contributed by atoms with E-state index in [1.54, 1.807) is 7.11 Å². The molecule has 0 unspecified atom stereocenters. The fourth-order valence-electron chi connectivity index (χ4n) is 3.95. The van der Waals surface area contributed by atoms with Gasteiger partial charge >= 0.3 is 0 Å². The molecule has 0 aliphatic heterocycles. The summed E-state index contributed by atoms with van der Waals surface area (Å²) in [5.41, 5.74) is 8.42. The van der Waals surface area contributed by atoms with Crippen LogP contribution in [0.5, 0.6) is 0 Å². The third-order valence-electron chi connectivity index (χ3n) is 5.25. The van der Waals surface area contributed by atoms with Gasteiger partial charge in [-0.2, -0.15) is 5.26 Å². The van der Waals surface area contributed by atoms with Crippen LogP contribution in [0.4, 0.5) is 0 Å². The van der Waals surface area contributed by atoms with Gasteiger partial charge in [0.2, 0.25) is 0 Å². The van der Waals surface area contributed by atoms with Crippen molar-refractivity contribution in [1.29, 1.82) is 5.26 Å². The standard InChI is InChI=1S/C22H20N2O/c1-13-16-7-6-15(12-25-4)9-18(16)22(2,3)21-20(13)17-8-5-14(11-23)10-19(17)24-21/h5-10,24H,1,12H2,2-4H3. The molecule has 0 saturated heterocycles. The van der Waals surface area contributed by atoms with Gasteiger partial charge in [0, 0.05) is 34.7 Å². The number of hydrogen-bond acceptors (Lipinski definition) is 2. The molecule has 3 nitrogen and oxygen atoms in total. The van der Waals surface area contributed by atoms with Crippen molar-refractivity contribution >= 4 is 16.5 Å². The Labute approximate surface area is 147 Å². The SMILES string of the molecule is C=C1c2ccc(COC)cc2C(C)(C)c2[nH]c3cc(C#N)ccc3c21. The molecule has 4 rings (SSSR count). The van der Waals surface area contributed by atoms with E-state index < -0.39 is 0 Å². The molecular formula is C22H20N2O. The van der Waals surface area contributed by atoms with Crippen LogP contribution in [0.2, 0.25) is 0 Å². The highest BCUT2D eigenvalue weighted by Crippen LogP contribution is 2.48. The van der Waals surface area contributed by atoms with Crippen molar-refractivity contribution in [3.8, 4) is 6.07 Å². The Balaban J connectivity index is 2.00. The molecule has 0 fully saturated rings. The van der Waals surface area contributed by atoms with Gasteiger partial charge in [-0.15, -0.1) is 0 Å². The van der Waals surface area contributed by atoms with E-state index in [9.17, 15) is 5.26 Å². The summed E-state index contributed by atoms with van der Waals surface area (Å²) in [6.45, 7) is 9.45. The van der Waals surface area contributed by atoms with Gasteiger partial charge in [-0.1, -0.05) is 44.7 Å². The first-order valence-corrected chi connectivity index (χ1v) is 8.35. The van der Waals surface area contributed by atoms with Gasteiger partial charge in [0.1, 0.15) is 0 Å². The van der Waals surface area contributed by atoms with E-state index in [1.165, 1.54) is 11.1 Å². The zero-order valence-electron chi connectivity index (χ0n) is 14.7. The highest BCUT2D eigenvalue weighted by molar-refractivity contribution is 6.01. The van der Waals surface area contributed by atoms with Crippen LogP contribution in [0.15, 0.2) is 43.0 Å². The molecule has 124 valence electrons. The number of ether oxygens (including phenoxy) is 1. The Hall–Kier alpha value is -2.83. The number of nitrogens with one attached hydrogen (secondary N) is 1. The summed E-state index contributed by atoms with van der Waals surface area (Å²) in [4.78, 5) is 3.56. The van der Waals surface area contributed by atoms with Crippen LogP contribution in [0.1, 0.15) is 47.4 Å². The van der Waals surface area contributed by atoms with Crippen molar-refractivity contribution in [3.63, 3.8) is 0 Å². The second-order valence-electron chi connectivity index (χ2n) is 7.16. The zero-order valence-corrected chi connectivity index (χ0v) is 14.7. The van der Waals surface area contributed by atoms with E-state index in [0.717, 1.165) is 33.3 Å². The van der Waals surface area contributed by atoms with Crippen molar-refractivity contribution in [3.05, 3.63) is 76.5 Å². The van der Waals surface area contributed by atoms with Crippen LogP contribution < -0.4 is 0 Å². The summed E-state index contributed by atoms with van der Waals surface area (Å²) in [6.07, 6.45) is 0. The minimum absolute atomic E-state index is 0.179. The largest absolute Gasteiger partial charge is 0.380 e. The number of methoxy groups -OCH3 is 1. The fourth-order valence-corrected chi connectivity index (χ4v) is 3.95. The highest BCUT2D eigenvalue weighted by atomic mass is 16.5. The molecule has 1 aliphatic rings. The molecule has 0 saturated carbocycles. The number of nitriles is 1. The van der Waals surface area contributed by atoms with Crippen LogP contribution in [0, 0.1) is 11.3 Å². The van der Waals surface area contributed by atoms with Gasteiger partial charge in [0.15, 0.2) is 0 Å². The highest BCUT2D eigenvalue weighted by Gasteiger charge is 2.37. The molecule has 1 N–H and O–H groups in total. The van der Waals surface area contributed by atoms with Crippen LogP contribution in [-0.4, -0.2) is 12.1 Å². The van der Waals surface area contributed by atoms with E-state index in [1.807, 2.05) is 18.2 Å². The van der Waals surface area contributed by atoms with Crippen LogP contribution in [0.3, 0.4) is 0 Å². The number of H-pyrrole nitrogens is 1. The van der Waals surface area contributed by atoms with Gasteiger partial charge in [0.05, 0.1) is 18.2 Å². The Bertz CT molecular complexity index is 1060. The van der Waals surface area contributed by atoms with Crippen LogP contribution in [-0.2, 0) is 16.8 Å². The normalized spacial score (nSPS) is 14.9. The van der Waals surface area contributed by atoms with Crippen molar-refractivity contribution < 1.29 is 4.74 Å². The Morgan fingerprint density at radius 1 is 1.20 bits per heavy atom. The van der Waals surface area contributed by atoms with Gasteiger partial charge < -0.3 is 9.72 Å². The van der Waals surface area contributed by atoms with E-state index in [4.69, 9.17) is 4.74 Å². The summed E-state index contributed by atoms with van der Waals surface area (Å²) in [6, 6.07) is 14.5. The average molecular weight is 328 g/mol. The second kappa shape index (κ2) is 5.34. The van der Waals surface area contributed by atoms with Gasteiger partial charge in [-0.05, 0) is 34.4 Å². The van der Waals surface area contributed by atoms with Gasteiger partial charge in [-0.3, -0.25) is 0 Å². The third kappa shape index (κ3) is 2.15. The maximum absolute atomic E-state index is 9.18. The first-order chi connectivity index (χ1) is 12.0. The molecule has 1 aliphatic carbocycles. The number of rotatable bonds is 2. The molecule has 3 heteroatoms. The Kier molecular flexibility index (Phi) is 3.35. The third-order valence-corrected chi connectivity index (χ3v) is 5.25. The van der Waals surface area contributed by atoms with E-state index >= 15 is 0 Å². The summed E-state index contributed by atoms with van der Waals surface area (Å²) >= 11 is 0. The predicted octanol–water partition coefficient (Wildman–Crippen LogP) is 4.89. The quantitative estimate of drug-likeness (QED) is 0.728. The Morgan fingerprint density at radius 2 is 2.00 bits per heavy atom. The number of aromatic amines is 1. The molecule has 0 radical (unpaired) electrons. The number of fused-ring (bicyclic) bond motifs is 4. The molecule has 1 aromatic heterocycles. The molecule has 2 aromatic carbocycles. The maximum Gasteiger partial charge on any atom is 0.0992 e. The van der Waals surface area contributed by atoms with Crippen LogP contribution in [0.25, 0.3) is 16.5 Å². The minimum atomic E-state index is -0.179. The lowest BCUT2D eigenvalue weighted by atomic mass is 9.70. The maximum atomic E-state index is 9.18. The predicted molar refractivity (Wildman–Crippen MR) is 100 cm³/mol. The van der Waals surface area contributed by atoms with E-state index in [0.29, 0.717) is 12.2 Å².